The third-order valence-corrected chi connectivity index (χ3v) is 17.1. The van der Waals surface area contributed by atoms with Gasteiger partial charge in [-0.05, 0) is 180 Å². The summed E-state index contributed by atoms with van der Waals surface area (Å²) in [5.74, 6) is -1.75. The number of likely N-dealkylation sites (N-methyl/N-ethyl adjacent to an activating group) is 1. The minimum absolute atomic E-state index is 0. The Kier molecular flexibility index (Phi) is 26.0. The van der Waals surface area contributed by atoms with Crippen LogP contribution >= 0.6 is 0 Å². The van der Waals surface area contributed by atoms with E-state index in [-0.39, 0.29) is 72.9 Å². The Morgan fingerprint density at radius 2 is 1.25 bits per heavy atom. The minimum atomic E-state index is -3.38. The SMILES string of the molecule is C.C.CC(=O)c1cc(NC(=O)NCCC[C@H]2C[C@H](Cc3ccc(F)cc3)CCN2CCO)cc(C(C)=O)c1.CCN(C(=O)Cc1ccc(S(C)(=O)=O)cc1)C1CCN(CC[C@H](c2ccc(S(C)(=O)=O)cc2)c2cc(F)cc(F)c2)CC1. The molecule has 0 radical (unpaired) electrons. The van der Waals surface area contributed by atoms with Crippen molar-refractivity contribution in [2.75, 3.05) is 70.2 Å². The van der Waals surface area contributed by atoms with Crippen LogP contribution in [0, 0.1) is 23.4 Å². The molecule has 442 valence electrons. The number of piperidine rings is 2. The van der Waals surface area contributed by atoms with Crippen LogP contribution in [0.3, 0.4) is 0 Å². The summed E-state index contributed by atoms with van der Waals surface area (Å²) in [6.45, 7) is 9.67. The lowest BCUT2D eigenvalue weighted by atomic mass is 9.84. The molecule has 0 aliphatic carbocycles. The number of benzene rings is 5. The summed E-state index contributed by atoms with van der Waals surface area (Å²) in [7, 11) is -6.68. The maximum atomic E-state index is 14.2. The third kappa shape index (κ3) is 20.6. The van der Waals surface area contributed by atoms with Crippen molar-refractivity contribution < 1.29 is 54.3 Å². The van der Waals surface area contributed by atoms with Crippen LogP contribution in [0.15, 0.2) is 119 Å². The van der Waals surface area contributed by atoms with Crippen LogP contribution in [-0.2, 0) is 37.3 Å². The fourth-order valence-electron chi connectivity index (χ4n) is 10.7. The number of amides is 3. The van der Waals surface area contributed by atoms with E-state index in [4.69, 9.17) is 0 Å². The maximum absolute atomic E-state index is 14.2. The van der Waals surface area contributed by atoms with Crippen LogP contribution in [0.4, 0.5) is 23.7 Å². The molecule has 3 N–H and O–H groups in total. The molecule has 0 spiro atoms. The number of carbonyl (C=O) groups excluding carboxylic acids is 4. The normalized spacial score (nSPS) is 16.4. The van der Waals surface area contributed by atoms with Crippen LogP contribution in [0.1, 0.15) is 129 Å². The molecule has 14 nitrogen and oxygen atoms in total. The third-order valence-electron chi connectivity index (χ3n) is 14.9. The predicted molar refractivity (Wildman–Crippen MR) is 314 cm³/mol. The number of nitrogens with zero attached hydrogens (tertiary/aromatic N) is 3. The Morgan fingerprint density at radius 1 is 0.691 bits per heavy atom. The monoisotopic (exact) mass is 1160 g/mol. The van der Waals surface area contributed by atoms with E-state index in [1.165, 1.54) is 68.4 Å². The van der Waals surface area contributed by atoms with Gasteiger partial charge in [-0.3, -0.25) is 19.3 Å². The zero-order valence-electron chi connectivity index (χ0n) is 45.7. The molecule has 0 bridgehead atoms. The van der Waals surface area contributed by atoms with Crippen molar-refractivity contribution in [3.63, 3.8) is 0 Å². The predicted octanol–water partition coefficient (Wildman–Crippen LogP) is 10.6. The fraction of sp³-hybridized carbons (Fsp3) is 0.452. The molecule has 2 aliphatic rings. The van der Waals surface area contributed by atoms with E-state index in [0.29, 0.717) is 66.9 Å². The second kappa shape index (κ2) is 31.3. The lowest BCUT2D eigenvalue weighted by Crippen LogP contribution is -2.48. The number of β-amino-alcohol motifs (C(OH)–C–C–N with tert-alkyl or cyclic N) is 1. The van der Waals surface area contributed by atoms with Crippen LogP contribution in [0.5, 0.6) is 0 Å². The van der Waals surface area contributed by atoms with Gasteiger partial charge < -0.3 is 25.5 Å². The lowest BCUT2D eigenvalue weighted by Gasteiger charge is -2.39. The number of Topliss-reactive ketones (excluding diaryl/α,β-unsaturated/α-hetero) is 2. The van der Waals surface area contributed by atoms with E-state index in [1.807, 2.05) is 24.0 Å². The van der Waals surface area contributed by atoms with Gasteiger partial charge in [-0.15, -0.1) is 0 Å². The summed E-state index contributed by atoms with van der Waals surface area (Å²) in [5.41, 5.74) is 4.30. The van der Waals surface area contributed by atoms with Crippen molar-refractivity contribution in [3.8, 4) is 0 Å². The molecular formula is C62H82F3N5O9S2. The number of aliphatic hydroxyl groups is 1. The van der Waals surface area contributed by atoms with Gasteiger partial charge >= 0.3 is 6.03 Å². The molecule has 2 saturated heterocycles. The quantitative estimate of drug-likeness (QED) is 0.0442. The number of ketones is 2. The van der Waals surface area contributed by atoms with Gasteiger partial charge in [0.1, 0.15) is 17.5 Å². The van der Waals surface area contributed by atoms with Gasteiger partial charge in [-0.25, -0.2) is 34.8 Å². The van der Waals surface area contributed by atoms with Crippen LogP contribution in [0.2, 0.25) is 0 Å². The maximum Gasteiger partial charge on any atom is 0.319 e. The molecular weight excluding hydrogens is 1080 g/mol. The van der Waals surface area contributed by atoms with Crippen molar-refractivity contribution in [1.29, 1.82) is 0 Å². The fourth-order valence-corrected chi connectivity index (χ4v) is 11.9. The molecule has 5 aromatic carbocycles. The molecule has 19 heteroatoms. The van der Waals surface area contributed by atoms with E-state index < -0.39 is 37.3 Å². The van der Waals surface area contributed by atoms with Crippen LogP contribution < -0.4 is 10.6 Å². The largest absolute Gasteiger partial charge is 0.395 e. The molecule has 7 rings (SSSR count). The summed E-state index contributed by atoms with van der Waals surface area (Å²) in [4.78, 5) is 56.0. The summed E-state index contributed by atoms with van der Waals surface area (Å²) in [5, 5.41) is 15.0. The minimum Gasteiger partial charge on any atom is -0.395 e. The van der Waals surface area contributed by atoms with Gasteiger partial charge in [0.25, 0.3) is 0 Å². The number of hydrogen-bond donors (Lipinski definition) is 3. The first kappa shape index (κ1) is 67.3. The first-order valence-corrected chi connectivity index (χ1v) is 30.7. The number of urea groups is 1. The highest BCUT2D eigenvalue weighted by molar-refractivity contribution is 7.91. The van der Waals surface area contributed by atoms with Crippen LogP contribution in [-0.4, -0.2) is 137 Å². The summed E-state index contributed by atoms with van der Waals surface area (Å²) >= 11 is 0. The zero-order valence-corrected chi connectivity index (χ0v) is 47.4. The van der Waals surface area contributed by atoms with Gasteiger partial charge in [0.05, 0.1) is 22.8 Å². The standard InChI is InChI=1S/C32H38F2N2O5S2.C28H36FN3O4.2CH4/c1-4-36(32(37)19-23-5-9-29(10-6-23)42(2,38)39)28-13-16-35(17-14-28)18-15-31(25-20-26(33)22-27(34)21-25)24-7-11-30(12-8-24)43(3,40)41;1-19(34)23-16-24(20(2)35)18-26(17-23)31-28(36)30-10-3-4-27-15-22(9-11-32(27)12-13-33)14-21-5-7-25(29)8-6-21;;/h5-12,20-22,28,31H,4,13-19H2,1-3H3;5-8,16-18,22,27,33H,3-4,9-15H2,1-2H3,(H2,30,31,36);2*1H4/t31-;22-,27-;;/m10../s1. The van der Waals surface area contributed by atoms with Gasteiger partial charge in [-0.2, -0.15) is 0 Å². The molecule has 2 fully saturated rings. The average Bonchev–Trinajstić information content (AvgIpc) is 3.44. The molecule has 3 amide bonds. The Hall–Kier alpha value is -6.25. The number of rotatable bonds is 22. The van der Waals surface area contributed by atoms with Crippen LogP contribution in [0.25, 0.3) is 0 Å². The molecule has 5 aromatic rings. The number of anilines is 1. The Balaban J connectivity index is 0.000000345. The molecule has 2 aliphatic heterocycles. The molecule has 0 saturated carbocycles. The van der Waals surface area contributed by atoms with Crippen molar-refractivity contribution in [2.24, 2.45) is 5.92 Å². The topological polar surface area (TPSA) is 191 Å². The number of hydrogen-bond acceptors (Lipinski definition) is 11. The van der Waals surface area contributed by atoms with Gasteiger partial charge in [0.15, 0.2) is 31.2 Å². The van der Waals surface area contributed by atoms with Gasteiger partial charge in [-0.1, -0.05) is 51.3 Å². The molecule has 3 atom stereocenters. The molecule has 81 heavy (non-hydrogen) atoms. The number of halogens is 3. The number of likely N-dealkylation sites (tertiary alicyclic amines) is 2. The summed E-state index contributed by atoms with van der Waals surface area (Å²) in [6, 6.07) is 27.7. The smallest absolute Gasteiger partial charge is 0.319 e. The van der Waals surface area contributed by atoms with E-state index in [0.717, 1.165) is 99.8 Å². The van der Waals surface area contributed by atoms with E-state index in [9.17, 15) is 54.3 Å². The lowest BCUT2D eigenvalue weighted by molar-refractivity contribution is -0.133. The van der Waals surface area contributed by atoms with E-state index in [1.54, 1.807) is 36.4 Å². The highest BCUT2D eigenvalue weighted by Gasteiger charge is 2.30. The second-order valence-electron chi connectivity index (χ2n) is 20.8. The van der Waals surface area contributed by atoms with Gasteiger partial charge in [0, 0.05) is 86.1 Å². The average molecular weight is 1160 g/mol. The first-order valence-electron chi connectivity index (χ1n) is 26.9. The zero-order chi connectivity index (χ0) is 57.4. The van der Waals surface area contributed by atoms with Crippen molar-refractivity contribution >= 4 is 48.9 Å². The van der Waals surface area contributed by atoms with E-state index in [2.05, 4.69) is 20.4 Å². The highest BCUT2D eigenvalue weighted by Crippen LogP contribution is 2.32. The Morgan fingerprint density at radius 3 is 1.78 bits per heavy atom. The summed E-state index contributed by atoms with van der Waals surface area (Å²) in [6.07, 6.45) is 9.23. The second-order valence-corrected chi connectivity index (χ2v) is 24.8. The molecule has 2 heterocycles. The summed E-state index contributed by atoms with van der Waals surface area (Å²) < 4.78 is 88.8. The Bertz CT molecular complexity index is 3050. The Labute approximate surface area is 478 Å². The number of sulfone groups is 2. The van der Waals surface area contributed by atoms with Crippen molar-refractivity contribution in [2.45, 2.75) is 121 Å². The van der Waals surface area contributed by atoms with E-state index >= 15 is 0 Å². The molecule has 0 aromatic heterocycles. The van der Waals surface area contributed by atoms with Crippen molar-refractivity contribution in [1.82, 2.24) is 20.0 Å². The van der Waals surface area contributed by atoms with Gasteiger partial charge in [0.2, 0.25) is 5.91 Å². The number of aliphatic hydroxyl groups excluding tert-OH is 1. The number of carbonyl (C=O) groups is 4. The van der Waals surface area contributed by atoms with Crippen molar-refractivity contribution in [3.05, 3.63) is 160 Å². The number of nitrogens with one attached hydrogen (secondary N) is 2. The molecule has 0 unspecified atom stereocenters. The highest BCUT2D eigenvalue weighted by atomic mass is 32.2. The first-order chi connectivity index (χ1) is 37.5.